The Morgan fingerprint density at radius 1 is 1.50 bits per heavy atom. The monoisotopic (exact) mass is 313 g/mol. The summed E-state index contributed by atoms with van der Waals surface area (Å²) in [5, 5.41) is 9.04. The van der Waals surface area contributed by atoms with Crippen molar-refractivity contribution in [2.24, 2.45) is 0 Å². The van der Waals surface area contributed by atoms with Gasteiger partial charge in [-0.1, -0.05) is 28.1 Å². The number of nitrogens with zero attached hydrogens (tertiary/aromatic N) is 1. The highest BCUT2D eigenvalue weighted by molar-refractivity contribution is 9.10. The summed E-state index contributed by atoms with van der Waals surface area (Å²) in [6.07, 6.45) is -0.0475. The Kier molecular flexibility index (Phi) is 4.37. The molecule has 1 aliphatic heterocycles. The van der Waals surface area contributed by atoms with Crippen LogP contribution in [0.15, 0.2) is 28.7 Å². The molecule has 0 spiro atoms. The van der Waals surface area contributed by atoms with E-state index in [2.05, 4.69) is 15.9 Å². The van der Waals surface area contributed by atoms with Gasteiger partial charge in [0.15, 0.2) is 0 Å². The fourth-order valence-corrected chi connectivity index (χ4v) is 2.32. The lowest BCUT2D eigenvalue weighted by Gasteiger charge is -2.35. The second-order valence-electron chi connectivity index (χ2n) is 4.42. The number of halogens is 1. The van der Waals surface area contributed by atoms with E-state index in [1.54, 1.807) is 6.92 Å². The molecular weight excluding hydrogens is 298 g/mol. The fourth-order valence-electron chi connectivity index (χ4n) is 2.06. The van der Waals surface area contributed by atoms with Crippen LogP contribution in [-0.2, 0) is 9.53 Å². The summed E-state index contributed by atoms with van der Waals surface area (Å²) in [6, 6.07) is 7.48. The zero-order chi connectivity index (χ0) is 13.1. The molecule has 1 aliphatic rings. The van der Waals surface area contributed by atoms with Crippen LogP contribution < -0.4 is 0 Å². The van der Waals surface area contributed by atoms with Crippen LogP contribution in [0.4, 0.5) is 0 Å². The zero-order valence-electron chi connectivity index (χ0n) is 10.2. The van der Waals surface area contributed by atoms with Crippen molar-refractivity contribution < 1.29 is 14.6 Å². The highest BCUT2D eigenvalue weighted by atomic mass is 79.9. The number of carboxylic acids is 1. The highest BCUT2D eigenvalue weighted by Crippen LogP contribution is 2.24. The van der Waals surface area contributed by atoms with Crippen LogP contribution in [0, 0.1) is 0 Å². The molecular formula is C13H16BrNO3. The minimum Gasteiger partial charge on any atom is -0.480 e. The molecule has 1 saturated heterocycles. The average molecular weight is 314 g/mol. The molecule has 0 saturated carbocycles. The second-order valence-corrected chi connectivity index (χ2v) is 5.34. The van der Waals surface area contributed by atoms with E-state index < -0.39 is 12.0 Å². The van der Waals surface area contributed by atoms with E-state index in [0.29, 0.717) is 19.7 Å². The van der Waals surface area contributed by atoms with Crippen molar-refractivity contribution in [2.75, 3.05) is 19.7 Å². The lowest BCUT2D eigenvalue weighted by molar-refractivity contribution is -0.145. The Balaban J connectivity index is 2.06. The first-order valence-corrected chi connectivity index (χ1v) is 6.71. The zero-order valence-corrected chi connectivity index (χ0v) is 11.8. The molecule has 0 aliphatic carbocycles. The highest BCUT2D eigenvalue weighted by Gasteiger charge is 2.28. The van der Waals surface area contributed by atoms with Gasteiger partial charge in [-0.2, -0.15) is 0 Å². The lowest BCUT2D eigenvalue weighted by Crippen LogP contribution is -2.46. The molecule has 4 nitrogen and oxygen atoms in total. The van der Waals surface area contributed by atoms with Gasteiger partial charge in [0, 0.05) is 17.6 Å². The van der Waals surface area contributed by atoms with Gasteiger partial charge in [0.2, 0.25) is 0 Å². The Labute approximate surface area is 115 Å². The second kappa shape index (κ2) is 5.82. The van der Waals surface area contributed by atoms with Crippen molar-refractivity contribution in [2.45, 2.75) is 19.1 Å². The predicted molar refractivity (Wildman–Crippen MR) is 71.5 cm³/mol. The standard InChI is InChI=1S/C13H16BrNO3/c1-9(13(16)17)15-6-7-18-12(8-15)10-2-4-11(14)5-3-10/h2-5,9,12H,6-8H2,1H3,(H,16,17)/t9-,12-/m1/s1. The maximum Gasteiger partial charge on any atom is 0.320 e. The van der Waals surface area contributed by atoms with Crippen molar-refractivity contribution >= 4 is 21.9 Å². The van der Waals surface area contributed by atoms with Crippen molar-refractivity contribution in [3.63, 3.8) is 0 Å². The van der Waals surface area contributed by atoms with Gasteiger partial charge < -0.3 is 9.84 Å². The van der Waals surface area contributed by atoms with Crippen LogP contribution in [0.3, 0.4) is 0 Å². The molecule has 98 valence electrons. The van der Waals surface area contributed by atoms with Gasteiger partial charge in [-0.15, -0.1) is 0 Å². The SMILES string of the molecule is C[C@H](C(=O)O)N1CCO[C@@H](c2ccc(Br)cc2)C1. The third-order valence-electron chi connectivity index (χ3n) is 3.24. The summed E-state index contributed by atoms with van der Waals surface area (Å²) < 4.78 is 6.74. The Hall–Kier alpha value is -0.910. The van der Waals surface area contributed by atoms with Gasteiger partial charge in [-0.3, -0.25) is 9.69 Å². The van der Waals surface area contributed by atoms with E-state index in [0.717, 1.165) is 10.0 Å². The number of morpholine rings is 1. The third-order valence-corrected chi connectivity index (χ3v) is 3.77. The van der Waals surface area contributed by atoms with E-state index in [4.69, 9.17) is 9.84 Å². The molecule has 0 unspecified atom stereocenters. The summed E-state index contributed by atoms with van der Waals surface area (Å²) in [5.41, 5.74) is 1.08. The van der Waals surface area contributed by atoms with Gasteiger partial charge in [0.05, 0.1) is 12.7 Å². The molecule has 2 rings (SSSR count). The molecule has 0 aromatic heterocycles. The molecule has 0 radical (unpaired) electrons. The summed E-state index contributed by atoms with van der Waals surface area (Å²) in [4.78, 5) is 12.9. The van der Waals surface area contributed by atoms with Crippen molar-refractivity contribution in [3.05, 3.63) is 34.3 Å². The number of hydrogen-bond acceptors (Lipinski definition) is 3. The first-order chi connectivity index (χ1) is 8.58. The van der Waals surface area contributed by atoms with E-state index in [-0.39, 0.29) is 6.10 Å². The quantitative estimate of drug-likeness (QED) is 0.930. The Bertz CT molecular complexity index is 421. The smallest absolute Gasteiger partial charge is 0.320 e. The number of carboxylic acid groups (broad SMARTS) is 1. The molecule has 1 heterocycles. The number of benzene rings is 1. The minimum atomic E-state index is -0.786. The Morgan fingerprint density at radius 2 is 2.17 bits per heavy atom. The normalized spacial score (nSPS) is 22.7. The summed E-state index contributed by atoms with van der Waals surface area (Å²) in [5.74, 6) is -0.786. The van der Waals surface area contributed by atoms with Crippen LogP contribution in [0.2, 0.25) is 0 Å². The topological polar surface area (TPSA) is 49.8 Å². The van der Waals surface area contributed by atoms with E-state index >= 15 is 0 Å². The largest absolute Gasteiger partial charge is 0.480 e. The van der Waals surface area contributed by atoms with Crippen LogP contribution in [0.25, 0.3) is 0 Å². The minimum absolute atomic E-state index is 0.0475. The molecule has 2 atom stereocenters. The van der Waals surface area contributed by atoms with E-state index in [1.165, 1.54) is 0 Å². The van der Waals surface area contributed by atoms with Gasteiger partial charge >= 0.3 is 5.97 Å². The number of rotatable bonds is 3. The summed E-state index contributed by atoms with van der Waals surface area (Å²) in [7, 11) is 0. The lowest BCUT2D eigenvalue weighted by atomic mass is 10.1. The van der Waals surface area contributed by atoms with Crippen LogP contribution in [-0.4, -0.2) is 41.7 Å². The Morgan fingerprint density at radius 3 is 2.78 bits per heavy atom. The molecule has 1 aromatic carbocycles. The molecule has 1 N–H and O–H groups in total. The maximum atomic E-state index is 11.0. The van der Waals surface area contributed by atoms with Gasteiger partial charge in [0.25, 0.3) is 0 Å². The molecule has 5 heteroatoms. The molecule has 18 heavy (non-hydrogen) atoms. The maximum absolute atomic E-state index is 11.0. The summed E-state index contributed by atoms with van der Waals surface area (Å²) in [6.45, 7) is 3.57. The number of aliphatic carboxylic acids is 1. The molecule has 0 amide bonds. The first kappa shape index (κ1) is 13.5. The number of carbonyl (C=O) groups is 1. The van der Waals surface area contributed by atoms with Crippen molar-refractivity contribution in [1.29, 1.82) is 0 Å². The van der Waals surface area contributed by atoms with E-state index in [9.17, 15) is 4.79 Å². The van der Waals surface area contributed by atoms with Gasteiger partial charge in [-0.05, 0) is 24.6 Å². The molecule has 1 fully saturated rings. The van der Waals surface area contributed by atoms with Crippen LogP contribution >= 0.6 is 15.9 Å². The van der Waals surface area contributed by atoms with Crippen molar-refractivity contribution in [1.82, 2.24) is 4.90 Å². The summed E-state index contributed by atoms with van der Waals surface area (Å²) >= 11 is 3.39. The van der Waals surface area contributed by atoms with Crippen LogP contribution in [0.5, 0.6) is 0 Å². The van der Waals surface area contributed by atoms with Crippen molar-refractivity contribution in [3.8, 4) is 0 Å². The fraction of sp³-hybridized carbons (Fsp3) is 0.462. The van der Waals surface area contributed by atoms with Crippen LogP contribution in [0.1, 0.15) is 18.6 Å². The number of hydrogen-bond donors (Lipinski definition) is 1. The van der Waals surface area contributed by atoms with Gasteiger partial charge in [0.1, 0.15) is 6.04 Å². The third kappa shape index (κ3) is 3.10. The molecule has 1 aromatic rings. The first-order valence-electron chi connectivity index (χ1n) is 5.92. The van der Waals surface area contributed by atoms with E-state index in [1.807, 2.05) is 29.2 Å². The van der Waals surface area contributed by atoms with Gasteiger partial charge in [-0.25, -0.2) is 0 Å². The average Bonchev–Trinajstić information content (AvgIpc) is 2.38. The predicted octanol–water partition coefficient (Wildman–Crippen LogP) is 2.30. The molecule has 0 bridgehead atoms. The number of ether oxygens (including phenoxy) is 1.